The van der Waals surface area contributed by atoms with Crippen LogP contribution in [0, 0.1) is 5.41 Å². The number of carbonyl (C=O) groups is 2. The monoisotopic (exact) mass is 389 g/mol. The number of imide groups is 1. The van der Waals surface area contributed by atoms with Gasteiger partial charge in [-0.15, -0.1) is 0 Å². The smallest absolute Gasteiger partial charge is 0.417 e. The highest BCUT2D eigenvalue weighted by Gasteiger charge is 2.48. The summed E-state index contributed by atoms with van der Waals surface area (Å²) in [6.45, 7) is 6.15. The molecular weight excluding hydrogens is 354 g/mol. The van der Waals surface area contributed by atoms with Crippen LogP contribution in [0.5, 0.6) is 0 Å². The third-order valence-electron chi connectivity index (χ3n) is 5.83. The van der Waals surface area contributed by atoms with Gasteiger partial charge in [0.05, 0.1) is 17.6 Å². The minimum absolute atomic E-state index is 0.204. The van der Waals surface area contributed by atoms with Gasteiger partial charge in [0.25, 0.3) is 0 Å². The Kier molecular flexibility index (Phi) is 8.49. The molecule has 28 heavy (non-hydrogen) atoms. The van der Waals surface area contributed by atoms with E-state index in [1.54, 1.807) is 0 Å². The minimum Gasteiger partial charge on any atom is -0.447 e. The fourth-order valence-corrected chi connectivity index (χ4v) is 3.95. The van der Waals surface area contributed by atoms with Crippen molar-refractivity contribution in [3.63, 3.8) is 0 Å². The number of aliphatic hydroxyl groups is 1. The van der Waals surface area contributed by atoms with Crippen molar-refractivity contribution >= 4 is 12.0 Å². The molecule has 0 aromatic heterocycles. The lowest BCUT2D eigenvalue weighted by Gasteiger charge is -2.36. The molecule has 1 fully saturated rings. The van der Waals surface area contributed by atoms with Crippen LogP contribution in [0.1, 0.15) is 71.3 Å². The molecule has 156 valence electrons. The number of rotatable bonds is 11. The van der Waals surface area contributed by atoms with E-state index < -0.39 is 17.6 Å². The normalized spacial score (nSPS) is 19.9. The summed E-state index contributed by atoms with van der Waals surface area (Å²) in [4.78, 5) is 27.2. The van der Waals surface area contributed by atoms with Gasteiger partial charge < -0.3 is 9.84 Å². The van der Waals surface area contributed by atoms with Crippen LogP contribution >= 0.6 is 0 Å². The summed E-state index contributed by atoms with van der Waals surface area (Å²) in [5.74, 6) is -0.298. The second kappa shape index (κ2) is 10.6. The number of benzene rings is 1. The average Bonchev–Trinajstić information content (AvgIpc) is 3.05. The van der Waals surface area contributed by atoms with Crippen LogP contribution in [0.2, 0.25) is 0 Å². The summed E-state index contributed by atoms with van der Waals surface area (Å²) in [6.07, 6.45) is 5.23. The lowest BCUT2D eigenvalue weighted by atomic mass is 9.76. The third-order valence-corrected chi connectivity index (χ3v) is 5.83. The first-order chi connectivity index (χ1) is 13.4. The molecule has 0 radical (unpaired) electrons. The molecular formula is C23H35NO4. The number of carbonyl (C=O) groups excluding carboxylic acids is 2. The van der Waals surface area contributed by atoms with E-state index in [0.717, 1.165) is 37.7 Å². The predicted octanol–water partition coefficient (Wildman–Crippen LogP) is 4.71. The molecule has 0 spiro atoms. The molecule has 3 atom stereocenters. The second-order valence-corrected chi connectivity index (χ2v) is 8.13. The Morgan fingerprint density at radius 3 is 2.57 bits per heavy atom. The van der Waals surface area contributed by atoms with E-state index in [1.807, 2.05) is 44.2 Å². The van der Waals surface area contributed by atoms with Gasteiger partial charge in [-0.3, -0.25) is 4.79 Å². The van der Waals surface area contributed by atoms with Crippen molar-refractivity contribution in [2.45, 2.75) is 84.3 Å². The molecule has 0 bridgehead atoms. The van der Waals surface area contributed by atoms with Gasteiger partial charge in [-0.25, -0.2) is 9.69 Å². The number of unbranched alkanes of at least 4 members (excludes halogenated alkanes) is 3. The van der Waals surface area contributed by atoms with Gasteiger partial charge in [-0.2, -0.15) is 0 Å². The third kappa shape index (κ3) is 5.34. The Bertz CT molecular complexity index is 633. The van der Waals surface area contributed by atoms with Gasteiger partial charge in [0.15, 0.2) is 0 Å². The van der Waals surface area contributed by atoms with Crippen molar-refractivity contribution in [1.29, 1.82) is 0 Å². The quantitative estimate of drug-likeness (QED) is 0.556. The summed E-state index contributed by atoms with van der Waals surface area (Å²) in [6, 6.07) is 9.48. The van der Waals surface area contributed by atoms with Gasteiger partial charge in [0.2, 0.25) is 5.91 Å². The Hall–Kier alpha value is -1.88. The van der Waals surface area contributed by atoms with Crippen molar-refractivity contribution in [2.75, 3.05) is 6.61 Å². The lowest BCUT2D eigenvalue weighted by molar-refractivity contribution is -0.147. The van der Waals surface area contributed by atoms with Crippen LogP contribution in [0.25, 0.3) is 0 Å². The fourth-order valence-electron chi connectivity index (χ4n) is 3.95. The molecule has 5 nitrogen and oxygen atoms in total. The summed E-state index contributed by atoms with van der Waals surface area (Å²) in [7, 11) is 0. The van der Waals surface area contributed by atoms with Crippen LogP contribution in [0.3, 0.4) is 0 Å². The summed E-state index contributed by atoms with van der Waals surface area (Å²) < 4.78 is 5.23. The Morgan fingerprint density at radius 2 is 1.93 bits per heavy atom. The van der Waals surface area contributed by atoms with Gasteiger partial charge in [-0.05, 0) is 31.7 Å². The Morgan fingerprint density at radius 1 is 1.21 bits per heavy atom. The first-order valence-electron chi connectivity index (χ1n) is 10.7. The van der Waals surface area contributed by atoms with E-state index in [2.05, 4.69) is 6.92 Å². The summed E-state index contributed by atoms with van der Waals surface area (Å²) >= 11 is 0. The van der Waals surface area contributed by atoms with E-state index >= 15 is 0 Å². The van der Waals surface area contributed by atoms with Gasteiger partial charge >= 0.3 is 6.09 Å². The first-order valence-corrected chi connectivity index (χ1v) is 10.7. The van der Waals surface area contributed by atoms with Crippen molar-refractivity contribution in [1.82, 2.24) is 4.90 Å². The number of nitrogens with zero attached hydrogens (tertiary/aromatic N) is 1. The molecule has 2 rings (SSSR count). The number of amides is 2. The fraction of sp³-hybridized carbons (Fsp3) is 0.652. The van der Waals surface area contributed by atoms with Crippen LogP contribution in [-0.4, -0.2) is 40.8 Å². The molecule has 1 aliphatic heterocycles. The van der Waals surface area contributed by atoms with Gasteiger partial charge in [-0.1, -0.05) is 76.3 Å². The standard InChI is InChI=1S/C23H35NO4/c1-4-6-7-11-15-23(3,20(25)12-5-2)21(26)24-19(17-28-22(24)27)16-18-13-9-8-10-14-18/h8-10,13-14,19-20,25H,4-7,11-12,15-17H2,1-3H3/t19-,20-,23-/m0/s1. The van der Waals surface area contributed by atoms with Crippen LogP contribution in [0.4, 0.5) is 4.79 Å². The molecule has 1 N–H and O–H groups in total. The van der Waals surface area contributed by atoms with Crippen molar-refractivity contribution in [2.24, 2.45) is 5.41 Å². The average molecular weight is 390 g/mol. The first kappa shape index (κ1) is 22.4. The zero-order valence-electron chi connectivity index (χ0n) is 17.5. The second-order valence-electron chi connectivity index (χ2n) is 8.13. The molecule has 1 aromatic rings. The minimum atomic E-state index is -0.970. The van der Waals surface area contributed by atoms with E-state index in [4.69, 9.17) is 4.74 Å². The highest BCUT2D eigenvalue weighted by atomic mass is 16.6. The van der Waals surface area contributed by atoms with E-state index in [-0.39, 0.29) is 18.6 Å². The molecule has 0 aliphatic carbocycles. The van der Waals surface area contributed by atoms with Crippen molar-refractivity contribution in [3.8, 4) is 0 Å². The number of ether oxygens (including phenoxy) is 1. The number of hydrogen-bond acceptors (Lipinski definition) is 4. The van der Waals surface area contributed by atoms with E-state index in [1.165, 1.54) is 4.90 Å². The maximum atomic E-state index is 13.5. The lowest BCUT2D eigenvalue weighted by Crippen LogP contribution is -2.52. The Labute approximate surface area is 169 Å². The molecule has 0 unspecified atom stereocenters. The zero-order valence-corrected chi connectivity index (χ0v) is 17.5. The van der Waals surface area contributed by atoms with Crippen LogP contribution in [-0.2, 0) is 16.0 Å². The highest BCUT2D eigenvalue weighted by Crippen LogP contribution is 2.36. The molecule has 1 heterocycles. The summed E-state index contributed by atoms with van der Waals surface area (Å²) in [5, 5.41) is 10.8. The number of aliphatic hydroxyl groups excluding tert-OH is 1. The number of hydrogen-bond donors (Lipinski definition) is 1. The van der Waals surface area contributed by atoms with Crippen LogP contribution in [0.15, 0.2) is 30.3 Å². The molecule has 1 saturated heterocycles. The molecule has 1 aromatic carbocycles. The molecule has 0 saturated carbocycles. The van der Waals surface area contributed by atoms with E-state index in [0.29, 0.717) is 19.3 Å². The highest BCUT2D eigenvalue weighted by molar-refractivity contribution is 5.97. The largest absolute Gasteiger partial charge is 0.447 e. The SMILES string of the molecule is CCCCCC[C@](C)(C(=O)N1C(=O)OC[C@@H]1Cc1ccccc1)[C@@H](O)CCC. The predicted molar refractivity (Wildman–Crippen MR) is 110 cm³/mol. The maximum Gasteiger partial charge on any atom is 0.417 e. The number of cyclic esters (lactones) is 1. The van der Waals surface area contributed by atoms with Crippen molar-refractivity contribution in [3.05, 3.63) is 35.9 Å². The summed E-state index contributed by atoms with van der Waals surface area (Å²) in [5.41, 5.74) is 0.0875. The van der Waals surface area contributed by atoms with E-state index in [9.17, 15) is 14.7 Å². The maximum absolute atomic E-state index is 13.5. The Balaban J connectivity index is 2.20. The topological polar surface area (TPSA) is 66.8 Å². The zero-order chi connectivity index (χ0) is 20.6. The molecule has 2 amide bonds. The molecule has 5 heteroatoms. The van der Waals surface area contributed by atoms with Crippen LogP contribution < -0.4 is 0 Å². The van der Waals surface area contributed by atoms with Gasteiger partial charge in [0.1, 0.15) is 6.61 Å². The van der Waals surface area contributed by atoms with Crippen molar-refractivity contribution < 1.29 is 19.4 Å². The van der Waals surface area contributed by atoms with Gasteiger partial charge in [0, 0.05) is 0 Å². The molecule has 1 aliphatic rings.